The van der Waals surface area contributed by atoms with Gasteiger partial charge in [0.05, 0.1) is 23.4 Å². The third-order valence-electron chi connectivity index (χ3n) is 5.45. The molecule has 1 fully saturated rings. The lowest BCUT2D eigenvalue weighted by Gasteiger charge is -2.29. The number of hydrogen-bond donors (Lipinski definition) is 1. The number of esters is 1. The van der Waals surface area contributed by atoms with E-state index in [1.807, 2.05) is 0 Å². The van der Waals surface area contributed by atoms with Crippen molar-refractivity contribution in [2.24, 2.45) is 5.92 Å². The van der Waals surface area contributed by atoms with Crippen LogP contribution in [0, 0.1) is 18.7 Å². The van der Waals surface area contributed by atoms with E-state index in [1.54, 1.807) is 6.92 Å². The Bertz CT molecular complexity index is 871. The Morgan fingerprint density at radius 2 is 2.03 bits per heavy atom. The number of rotatable bonds is 6. The maximum Gasteiger partial charge on any atom is 0.305 e. The molecule has 3 rings (SSSR count). The molecule has 1 aromatic carbocycles. The lowest BCUT2D eigenvalue weighted by atomic mass is 9.83. The van der Waals surface area contributed by atoms with Gasteiger partial charge >= 0.3 is 5.97 Å². The average Bonchev–Trinajstić information content (AvgIpc) is 3.08. The number of nitrogens with one attached hydrogen (secondary N) is 1. The number of hydrogen-bond acceptors (Lipinski definition) is 5. The van der Waals surface area contributed by atoms with Crippen LogP contribution in [0.15, 0.2) is 22.7 Å². The quantitative estimate of drug-likeness (QED) is 0.683. The molecule has 2 aromatic rings. The van der Waals surface area contributed by atoms with Crippen LogP contribution in [-0.4, -0.2) is 30.2 Å². The molecular weight excluding hydrogens is 399 g/mol. The summed E-state index contributed by atoms with van der Waals surface area (Å²) < 4.78 is 24.3. The molecule has 0 unspecified atom stereocenters. The highest BCUT2D eigenvalue weighted by molar-refractivity contribution is 6.33. The molecule has 8 heteroatoms. The van der Waals surface area contributed by atoms with E-state index in [9.17, 15) is 14.0 Å². The first-order valence-corrected chi connectivity index (χ1v) is 10.1. The third kappa shape index (κ3) is 4.96. The van der Waals surface area contributed by atoms with E-state index < -0.39 is 5.82 Å². The zero-order valence-corrected chi connectivity index (χ0v) is 17.2. The number of aryl methyl sites for hydroxylation is 1. The fourth-order valence-corrected chi connectivity index (χ4v) is 4.05. The van der Waals surface area contributed by atoms with Crippen molar-refractivity contribution in [2.45, 2.75) is 51.5 Å². The Labute approximate surface area is 173 Å². The van der Waals surface area contributed by atoms with Gasteiger partial charge in [0, 0.05) is 12.5 Å². The van der Waals surface area contributed by atoms with Gasteiger partial charge in [-0.2, -0.15) is 0 Å². The maximum atomic E-state index is 14.3. The predicted octanol–water partition coefficient (Wildman–Crippen LogP) is 4.68. The minimum absolute atomic E-state index is 0.00937. The molecule has 1 heterocycles. The average molecular weight is 423 g/mol. The van der Waals surface area contributed by atoms with Gasteiger partial charge in [-0.3, -0.25) is 9.59 Å². The zero-order chi connectivity index (χ0) is 21.0. The third-order valence-corrected chi connectivity index (χ3v) is 5.76. The highest BCUT2D eigenvalue weighted by Crippen LogP contribution is 2.35. The second-order valence-electron chi connectivity index (χ2n) is 7.37. The Morgan fingerprint density at radius 3 is 2.69 bits per heavy atom. The van der Waals surface area contributed by atoms with Gasteiger partial charge in [0.2, 0.25) is 0 Å². The van der Waals surface area contributed by atoms with E-state index in [-0.39, 0.29) is 39.8 Å². The number of halogens is 2. The van der Waals surface area contributed by atoms with Gasteiger partial charge in [-0.15, -0.1) is 0 Å². The molecule has 29 heavy (non-hydrogen) atoms. The van der Waals surface area contributed by atoms with Crippen LogP contribution in [0.1, 0.15) is 54.6 Å². The van der Waals surface area contributed by atoms with Gasteiger partial charge in [-0.05, 0) is 57.1 Å². The topological polar surface area (TPSA) is 81.4 Å². The molecule has 1 aliphatic rings. The van der Waals surface area contributed by atoms with Crippen LogP contribution in [0.5, 0.6) is 0 Å². The summed E-state index contributed by atoms with van der Waals surface area (Å²) in [5.74, 6) is -0.630. The molecule has 0 saturated heterocycles. The number of benzene rings is 1. The first-order chi connectivity index (χ1) is 13.9. The van der Waals surface area contributed by atoms with Crippen molar-refractivity contribution in [1.82, 2.24) is 10.5 Å². The molecule has 1 amide bonds. The van der Waals surface area contributed by atoms with Gasteiger partial charge in [0.25, 0.3) is 5.91 Å². The number of carbonyl (C=O) groups is 2. The minimum Gasteiger partial charge on any atom is -0.469 e. The summed E-state index contributed by atoms with van der Waals surface area (Å²) in [5.41, 5.74) is 0.611. The molecule has 1 aliphatic carbocycles. The Balaban J connectivity index is 1.66. The highest BCUT2D eigenvalue weighted by atomic mass is 35.5. The lowest BCUT2D eigenvalue weighted by Crippen LogP contribution is -2.38. The number of aromatic nitrogens is 1. The minimum atomic E-state index is -0.575. The molecule has 0 bridgehead atoms. The van der Waals surface area contributed by atoms with Crippen molar-refractivity contribution in [1.29, 1.82) is 0 Å². The molecule has 6 nitrogen and oxygen atoms in total. The molecule has 0 aliphatic heterocycles. The molecule has 1 N–H and O–H groups in total. The second-order valence-corrected chi connectivity index (χ2v) is 7.78. The predicted molar refractivity (Wildman–Crippen MR) is 106 cm³/mol. The van der Waals surface area contributed by atoms with Crippen molar-refractivity contribution < 1.29 is 23.2 Å². The summed E-state index contributed by atoms with van der Waals surface area (Å²) in [7, 11) is 1.39. The van der Waals surface area contributed by atoms with E-state index in [4.69, 9.17) is 16.1 Å². The van der Waals surface area contributed by atoms with Crippen molar-refractivity contribution in [3.8, 4) is 11.3 Å². The van der Waals surface area contributed by atoms with Crippen molar-refractivity contribution in [3.05, 3.63) is 40.3 Å². The molecule has 1 aromatic heterocycles. The summed E-state index contributed by atoms with van der Waals surface area (Å²) in [4.78, 5) is 24.2. The van der Waals surface area contributed by atoms with E-state index >= 15 is 0 Å². The van der Waals surface area contributed by atoms with Crippen LogP contribution in [0.2, 0.25) is 5.02 Å². The van der Waals surface area contributed by atoms with Crippen LogP contribution in [0.3, 0.4) is 0 Å². The Hall–Kier alpha value is -2.41. The van der Waals surface area contributed by atoms with Crippen molar-refractivity contribution in [3.63, 3.8) is 0 Å². The smallest absolute Gasteiger partial charge is 0.305 e. The largest absolute Gasteiger partial charge is 0.469 e. The van der Waals surface area contributed by atoms with Crippen LogP contribution in [0.25, 0.3) is 11.3 Å². The van der Waals surface area contributed by atoms with Crippen molar-refractivity contribution in [2.75, 3.05) is 7.11 Å². The van der Waals surface area contributed by atoms with Gasteiger partial charge < -0.3 is 14.6 Å². The number of ether oxygens (including phenoxy) is 1. The fraction of sp³-hybridized carbons (Fsp3) is 0.476. The van der Waals surface area contributed by atoms with Crippen LogP contribution < -0.4 is 5.32 Å². The summed E-state index contributed by atoms with van der Waals surface area (Å²) in [6, 6.07) is 4.30. The fourth-order valence-electron chi connectivity index (χ4n) is 3.80. The maximum absolute atomic E-state index is 14.3. The summed E-state index contributed by atoms with van der Waals surface area (Å²) in [6.45, 7) is 1.64. The van der Waals surface area contributed by atoms with E-state index in [0.29, 0.717) is 18.0 Å². The zero-order valence-electron chi connectivity index (χ0n) is 16.5. The van der Waals surface area contributed by atoms with Crippen LogP contribution in [-0.2, 0) is 9.53 Å². The van der Waals surface area contributed by atoms with Crippen molar-refractivity contribution >= 4 is 23.5 Å². The summed E-state index contributed by atoms with van der Waals surface area (Å²) >= 11 is 6.13. The van der Waals surface area contributed by atoms with Gasteiger partial charge in [0.1, 0.15) is 11.4 Å². The summed E-state index contributed by atoms with van der Waals surface area (Å²) in [6.07, 6.45) is 4.71. The first-order valence-electron chi connectivity index (χ1n) is 9.69. The first kappa shape index (κ1) is 21.3. The SMILES string of the molecule is COC(=O)CCC1CCC(NC(=O)c2c(C)noc2-c2c(F)cccc2Cl)CC1. The second kappa shape index (κ2) is 9.39. The van der Waals surface area contributed by atoms with Crippen LogP contribution in [0.4, 0.5) is 4.39 Å². The van der Waals surface area contributed by atoms with E-state index in [1.165, 1.54) is 25.3 Å². The summed E-state index contributed by atoms with van der Waals surface area (Å²) in [5, 5.41) is 7.01. The number of carbonyl (C=O) groups excluding carboxylic acids is 2. The number of amides is 1. The normalized spacial score (nSPS) is 19.0. The Kier molecular flexibility index (Phi) is 6.90. The molecule has 0 atom stereocenters. The number of nitrogens with zero attached hydrogens (tertiary/aromatic N) is 1. The molecule has 1 saturated carbocycles. The highest BCUT2D eigenvalue weighted by Gasteiger charge is 2.29. The van der Waals surface area contributed by atoms with E-state index in [2.05, 4.69) is 15.2 Å². The monoisotopic (exact) mass is 422 g/mol. The van der Waals surface area contributed by atoms with Gasteiger partial charge in [-0.25, -0.2) is 4.39 Å². The molecule has 0 radical (unpaired) electrons. The lowest BCUT2D eigenvalue weighted by molar-refractivity contribution is -0.141. The van der Waals surface area contributed by atoms with Gasteiger partial charge in [-0.1, -0.05) is 22.8 Å². The Morgan fingerprint density at radius 1 is 1.31 bits per heavy atom. The molecule has 156 valence electrons. The standard InChI is InChI=1S/C21H24ClFN2O4/c1-12-18(20(29-25-12)19-15(22)4-3-5-16(19)23)21(27)24-14-9-6-13(7-10-14)8-11-17(26)28-2/h3-5,13-14H,6-11H2,1-2H3,(H,24,27). The molecule has 0 spiro atoms. The molecular formula is C21H24ClFN2O4. The van der Waals surface area contributed by atoms with Crippen LogP contribution >= 0.6 is 11.6 Å². The van der Waals surface area contributed by atoms with Gasteiger partial charge in [0.15, 0.2) is 5.76 Å². The number of methoxy groups -OCH3 is 1. The van der Waals surface area contributed by atoms with E-state index in [0.717, 1.165) is 32.1 Å².